The van der Waals surface area contributed by atoms with E-state index in [4.69, 9.17) is 0 Å². The molecule has 0 spiro atoms. The molecule has 1 saturated heterocycles. The molecule has 1 fully saturated rings. The fourth-order valence-corrected chi connectivity index (χ4v) is 4.10. The van der Waals surface area contributed by atoms with Gasteiger partial charge in [0.1, 0.15) is 0 Å². The highest BCUT2D eigenvalue weighted by Gasteiger charge is 2.37. The number of sulfonamides is 1. The first-order chi connectivity index (χ1) is 6.25. The van der Waals surface area contributed by atoms with Gasteiger partial charge in [-0.1, -0.05) is 0 Å². The second kappa shape index (κ2) is 3.79. The number of hydrogen-bond donors (Lipinski definition) is 1. The van der Waals surface area contributed by atoms with E-state index in [0.29, 0.717) is 6.54 Å². The summed E-state index contributed by atoms with van der Waals surface area (Å²) in [5.41, 5.74) is -0.329. The molecule has 0 aromatic carbocycles. The summed E-state index contributed by atoms with van der Waals surface area (Å²) in [4.78, 5) is 0. The Balaban J connectivity index is 3.06. The summed E-state index contributed by atoms with van der Waals surface area (Å²) >= 11 is 0. The van der Waals surface area contributed by atoms with Gasteiger partial charge in [0.05, 0.1) is 5.75 Å². The molecule has 0 aromatic rings. The summed E-state index contributed by atoms with van der Waals surface area (Å²) in [7, 11) is -3.10. The van der Waals surface area contributed by atoms with E-state index in [2.05, 4.69) is 5.32 Å². The molecule has 0 radical (unpaired) electrons. The molecule has 0 aromatic heterocycles. The lowest BCUT2D eigenvalue weighted by molar-refractivity contribution is 0.202. The van der Waals surface area contributed by atoms with E-state index in [1.165, 1.54) is 0 Å². The Morgan fingerprint density at radius 1 is 1.36 bits per heavy atom. The molecule has 14 heavy (non-hydrogen) atoms. The highest BCUT2D eigenvalue weighted by Crippen LogP contribution is 2.22. The molecule has 0 aliphatic carbocycles. The van der Waals surface area contributed by atoms with Crippen molar-refractivity contribution in [2.24, 2.45) is 0 Å². The van der Waals surface area contributed by atoms with Gasteiger partial charge in [0.2, 0.25) is 10.0 Å². The molecule has 4 nitrogen and oxygen atoms in total. The number of rotatable bonds is 0. The number of nitrogens with one attached hydrogen (secondary N) is 1. The summed E-state index contributed by atoms with van der Waals surface area (Å²) in [6.07, 6.45) is 0. The maximum atomic E-state index is 11.9. The van der Waals surface area contributed by atoms with Crippen LogP contribution in [-0.4, -0.2) is 43.1 Å². The lowest BCUT2D eigenvalue weighted by Gasteiger charge is -2.37. The number of nitrogens with zero attached hydrogens (tertiary/aromatic N) is 1. The molecular formula is C9H20N2O2S. The minimum absolute atomic E-state index is 0.0301. The van der Waals surface area contributed by atoms with Gasteiger partial charge in [0.15, 0.2) is 0 Å². The average Bonchev–Trinajstić information content (AvgIpc) is 2.05. The van der Waals surface area contributed by atoms with Crippen molar-refractivity contribution in [3.8, 4) is 0 Å². The Labute approximate surface area is 86.7 Å². The monoisotopic (exact) mass is 220 g/mol. The van der Waals surface area contributed by atoms with Crippen molar-refractivity contribution in [1.29, 1.82) is 0 Å². The first kappa shape index (κ1) is 11.9. The molecule has 84 valence electrons. The van der Waals surface area contributed by atoms with Crippen molar-refractivity contribution in [2.45, 2.75) is 39.3 Å². The van der Waals surface area contributed by atoms with Gasteiger partial charge in [-0.15, -0.1) is 0 Å². The first-order valence-corrected chi connectivity index (χ1v) is 6.59. The molecule has 0 saturated carbocycles. The van der Waals surface area contributed by atoms with Crippen molar-refractivity contribution in [3.05, 3.63) is 0 Å². The largest absolute Gasteiger partial charge is 0.314 e. The van der Waals surface area contributed by atoms with Crippen LogP contribution in [0.3, 0.4) is 0 Å². The zero-order valence-electron chi connectivity index (χ0n) is 9.37. The third kappa shape index (κ3) is 2.46. The van der Waals surface area contributed by atoms with Crippen LogP contribution >= 0.6 is 0 Å². The summed E-state index contributed by atoms with van der Waals surface area (Å²) in [6.45, 7) is 9.04. The fraction of sp³-hybridized carbons (Fsp3) is 1.00. The predicted octanol–water partition coefficient (Wildman–Crippen LogP) is 0.408. The lowest BCUT2D eigenvalue weighted by atomic mass is 10.1. The molecule has 1 unspecified atom stereocenters. The van der Waals surface area contributed by atoms with Gasteiger partial charge in [-0.3, -0.25) is 0 Å². The maximum Gasteiger partial charge on any atom is 0.216 e. The van der Waals surface area contributed by atoms with E-state index in [9.17, 15) is 8.42 Å². The maximum absolute atomic E-state index is 11.9. The van der Waals surface area contributed by atoms with Crippen LogP contribution in [0.2, 0.25) is 0 Å². The van der Waals surface area contributed by atoms with Crippen molar-refractivity contribution in [3.63, 3.8) is 0 Å². The van der Waals surface area contributed by atoms with Crippen LogP contribution in [0.15, 0.2) is 0 Å². The SMILES string of the molecule is CC1CNCCS(=O)(=O)N1C(C)(C)C. The van der Waals surface area contributed by atoms with Crippen LogP contribution in [-0.2, 0) is 10.0 Å². The molecule has 0 bridgehead atoms. The van der Waals surface area contributed by atoms with Crippen LogP contribution in [0, 0.1) is 0 Å². The number of hydrogen-bond acceptors (Lipinski definition) is 3. The Morgan fingerprint density at radius 2 is 1.93 bits per heavy atom. The van der Waals surface area contributed by atoms with Crippen LogP contribution in [0.5, 0.6) is 0 Å². The molecule has 1 rings (SSSR count). The molecule has 1 atom stereocenters. The summed E-state index contributed by atoms with van der Waals surface area (Å²) in [5, 5.41) is 3.13. The Kier molecular flexibility index (Phi) is 3.23. The summed E-state index contributed by atoms with van der Waals surface area (Å²) < 4.78 is 25.5. The molecule has 0 amide bonds. The zero-order chi connectivity index (χ0) is 11.0. The second-order valence-electron chi connectivity index (χ2n) is 4.84. The topological polar surface area (TPSA) is 49.4 Å². The van der Waals surface area contributed by atoms with Crippen molar-refractivity contribution in [2.75, 3.05) is 18.8 Å². The van der Waals surface area contributed by atoms with Gasteiger partial charge < -0.3 is 5.32 Å². The quantitative estimate of drug-likeness (QED) is 0.643. The molecular weight excluding hydrogens is 200 g/mol. The van der Waals surface area contributed by atoms with Crippen LogP contribution in [0.25, 0.3) is 0 Å². The van der Waals surface area contributed by atoms with Crippen molar-refractivity contribution >= 4 is 10.0 Å². The summed E-state index contributed by atoms with van der Waals surface area (Å²) in [6, 6.07) is 0.0301. The van der Waals surface area contributed by atoms with Gasteiger partial charge in [0.25, 0.3) is 0 Å². The highest BCUT2D eigenvalue weighted by atomic mass is 32.2. The molecule has 5 heteroatoms. The van der Waals surface area contributed by atoms with Gasteiger partial charge in [-0.25, -0.2) is 8.42 Å². The standard InChI is InChI=1S/C9H20N2O2S/c1-8-7-10-5-6-14(12,13)11(8)9(2,3)4/h8,10H,5-7H2,1-4H3. The zero-order valence-corrected chi connectivity index (χ0v) is 10.2. The highest BCUT2D eigenvalue weighted by molar-refractivity contribution is 7.89. The minimum Gasteiger partial charge on any atom is -0.314 e. The normalized spacial score (nSPS) is 29.9. The van der Waals surface area contributed by atoms with Crippen LogP contribution < -0.4 is 5.32 Å². The smallest absolute Gasteiger partial charge is 0.216 e. The van der Waals surface area contributed by atoms with E-state index in [1.54, 1.807) is 4.31 Å². The van der Waals surface area contributed by atoms with E-state index in [0.717, 1.165) is 6.54 Å². The molecule has 1 aliphatic rings. The predicted molar refractivity (Wildman–Crippen MR) is 57.7 cm³/mol. The van der Waals surface area contributed by atoms with Crippen molar-refractivity contribution < 1.29 is 8.42 Å². The van der Waals surface area contributed by atoms with Gasteiger partial charge in [-0.05, 0) is 27.7 Å². The Hall–Kier alpha value is -0.130. The van der Waals surface area contributed by atoms with E-state index in [1.807, 2.05) is 27.7 Å². The van der Waals surface area contributed by atoms with Gasteiger partial charge in [0, 0.05) is 24.7 Å². The van der Waals surface area contributed by atoms with E-state index in [-0.39, 0.29) is 17.3 Å². The average molecular weight is 220 g/mol. The van der Waals surface area contributed by atoms with Crippen molar-refractivity contribution in [1.82, 2.24) is 9.62 Å². The first-order valence-electron chi connectivity index (χ1n) is 4.98. The molecule has 1 aliphatic heterocycles. The molecule has 1 N–H and O–H groups in total. The third-order valence-electron chi connectivity index (χ3n) is 2.34. The minimum atomic E-state index is -3.10. The Bertz CT molecular complexity index is 292. The molecule has 1 heterocycles. The van der Waals surface area contributed by atoms with E-state index < -0.39 is 10.0 Å². The van der Waals surface area contributed by atoms with E-state index >= 15 is 0 Å². The van der Waals surface area contributed by atoms with Gasteiger partial charge >= 0.3 is 0 Å². The van der Waals surface area contributed by atoms with Gasteiger partial charge in [-0.2, -0.15) is 4.31 Å². The second-order valence-corrected chi connectivity index (χ2v) is 6.80. The summed E-state index contributed by atoms with van der Waals surface area (Å²) in [5.74, 6) is 0.203. The Morgan fingerprint density at radius 3 is 2.43 bits per heavy atom. The lowest BCUT2D eigenvalue weighted by Crippen LogP contribution is -2.51. The van der Waals surface area contributed by atoms with Crippen LogP contribution in [0.1, 0.15) is 27.7 Å². The fourth-order valence-electron chi connectivity index (χ4n) is 2.05. The third-order valence-corrected chi connectivity index (χ3v) is 4.56. The van der Waals surface area contributed by atoms with Crippen LogP contribution in [0.4, 0.5) is 0 Å².